The summed E-state index contributed by atoms with van der Waals surface area (Å²) in [5, 5.41) is 0. The largest absolute Gasteiger partial charge is 0.381 e. The molecule has 0 fully saturated rings. The first-order chi connectivity index (χ1) is 8.27. The van der Waals surface area contributed by atoms with E-state index in [1.807, 2.05) is 0 Å². The molecule has 0 heterocycles. The van der Waals surface area contributed by atoms with Crippen LogP contribution in [0.2, 0.25) is 0 Å². The highest BCUT2D eigenvalue weighted by Gasteiger charge is 2.09. The van der Waals surface area contributed by atoms with E-state index in [4.69, 9.17) is 16.3 Å². The Labute approximate surface area is 118 Å². The van der Waals surface area contributed by atoms with Gasteiger partial charge in [-0.2, -0.15) is 0 Å². The van der Waals surface area contributed by atoms with Crippen molar-refractivity contribution < 1.29 is 4.74 Å². The second-order valence-electron chi connectivity index (χ2n) is 4.16. The second-order valence-corrected chi connectivity index (χ2v) is 5.38. The van der Waals surface area contributed by atoms with Crippen LogP contribution in [0.15, 0.2) is 28.7 Å². The molecule has 1 aromatic rings. The third-order valence-corrected chi connectivity index (χ3v) is 3.68. The van der Waals surface area contributed by atoms with Crippen molar-refractivity contribution in [2.75, 3.05) is 19.1 Å². The first-order valence-electron chi connectivity index (χ1n) is 6.17. The fraction of sp³-hybridized carbons (Fsp3) is 0.571. The molecule has 0 aliphatic rings. The fourth-order valence-electron chi connectivity index (χ4n) is 1.64. The van der Waals surface area contributed by atoms with Gasteiger partial charge in [0.1, 0.15) is 0 Å². The van der Waals surface area contributed by atoms with Crippen LogP contribution < -0.4 is 0 Å². The molecular formula is C14H20BrClO. The molecule has 1 atom stereocenters. The smallest absolute Gasteiger partial charge is 0.0472 e. The Morgan fingerprint density at radius 1 is 1.24 bits per heavy atom. The molecule has 3 heteroatoms. The molecule has 17 heavy (non-hydrogen) atoms. The zero-order chi connectivity index (χ0) is 12.5. The Balaban J connectivity index is 2.35. The number of alkyl halides is 1. The quantitative estimate of drug-likeness (QED) is 0.485. The van der Waals surface area contributed by atoms with Gasteiger partial charge in [0.15, 0.2) is 0 Å². The topological polar surface area (TPSA) is 9.23 Å². The molecule has 0 N–H and O–H groups in total. The van der Waals surface area contributed by atoms with E-state index in [0.29, 0.717) is 11.8 Å². The summed E-state index contributed by atoms with van der Waals surface area (Å²) >= 11 is 9.45. The fourth-order valence-corrected chi connectivity index (χ4v) is 2.24. The molecule has 1 rings (SSSR count). The predicted molar refractivity (Wildman–Crippen MR) is 77.9 cm³/mol. The van der Waals surface area contributed by atoms with E-state index in [2.05, 4.69) is 47.1 Å². The van der Waals surface area contributed by atoms with Crippen molar-refractivity contribution in [1.29, 1.82) is 0 Å². The first-order valence-corrected chi connectivity index (χ1v) is 7.49. The molecule has 1 aromatic carbocycles. The molecule has 96 valence electrons. The van der Waals surface area contributed by atoms with Crippen LogP contribution in [0.4, 0.5) is 0 Å². The Morgan fingerprint density at radius 2 is 1.94 bits per heavy atom. The van der Waals surface area contributed by atoms with Crippen molar-refractivity contribution in [3.05, 3.63) is 34.3 Å². The number of unbranched alkanes of at least 4 members (excludes halogenated alkanes) is 1. The monoisotopic (exact) mass is 318 g/mol. The highest BCUT2D eigenvalue weighted by Crippen LogP contribution is 2.23. The van der Waals surface area contributed by atoms with Crippen LogP contribution in [0, 0.1) is 0 Å². The Morgan fingerprint density at radius 3 is 2.53 bits per heavy atom. The lowest BCUT2D eigenvalue weighted by atomic mass is 9.98. The van der Waals surface area contributed by atoms with Crippen LogP contribution in [0.5, 0.6) is 0 Å². The standard InChI is InChI=1S/C14H20BrClO/c1-2-3-9-17-10-8-13(11-16)12-4-6-14(15)7-5-12/h4-7,13H,2-3,8-11H2,1H3. The molecule has 0 saturated carbocycles. The lowest BCUT2D eigenvalue weighted by molar-refractivity contribution is 0.125. The summed E-state index contributed by atoms with van der Waals surface area (Å²) in [6, 6.07) is 8.38. The number of hydrogen-bond donors (Lipinski definition) is 0. The summed E-state index contributed by atoms with van der Waals surface area (Å²) in [4.78, 5) is 0. The minimum atomic E-state index is 0.395. The van der Waals surface area contributed by atoms with Crippen LogP contribution in [0.25, 0.3) is 0 Å². The van der Waals surface area contributed by atoms with Crippen LogP contribution >= 0.6 is 27.5 Å². The maximum Gasteiger partial charge on any atom is 0.0472 e. The van der Waals surface area contributed by atoms with Gasteiger partial charge >= 0.3 is 0 Å². The zero-order valence-electron chi connectivity index (χ0n) is 10.3. The van der Waals surface area contributed by atoms with Crippen molar-refractivity contribution in [3.8, 4) is 0 Å². The van der Waals surface area contributed by atoms with E-state index < -0.39 is 0 Å². The van der Waals surface area contributed by atoms with Crippen molar-refractivity contribution in [2.45, 2.75) is 32.1 Å². The van der Waals surface area contributed by atoms with Crippen molar-refractivity contribution in [3.63, 3.8) is 0 Å². The molecule has 1 nitrogen and oxygen atoms in total. The van der Waals surface area contributed by atoms with E-state index in [1.165, 1.54) is 12.0 Å². The molecule has 0 radical (unpaired) electrons. The van der Waals surface area contributed by atoms with Crippen LogP contribution in [0.1, 0.15) is 37.7 Å². The van der Waals surface area contributed by atoms with Crippen LogP contribution in [-0.4, -0.2) is 19.1 Å². The predicted octanol–water partition coefficient (Wildman–Crippen LogP) is 4.98. The molecule has 0 spiro atoms. The maximum absolute atomic E-state index is 6.01. The van der Waals surface area contributed by atoms with Gasteiger partial charge in [-0.1, -0.05) is 41.4 Å². The molecule has 0 aromatic heterocycles. The van der Waals surface area contributed by atoms with Crippen molar-refractivity contribution in [2.24, 2.45) is 0 Å². The van der Waals surface area contributed by atoms with E-state index in [1.54, 1.807) is 0 Å². The minimum Gasteiger partial charge on any atom is -0.381 e. The molecule has 0 bridgehead atoms. The van der Waals surface area contributed by atoms with Gasteiger partial charge in [-0.15, -0.1) is 11.6 Å². The normalized spacial score (nSPS) is 12.6. The number of halogens is 2. The summed E-state index contributed by atoms with van der Waals surface area (Å²) in [5.74, 6) is 1.05. The lowest BCUT2D eigenvalue weighted by Gasteiger charge is -2.14. The second kappa shape index (κ2) is 8.96. The third kappa shape index (κ3) is 5.89. The Kier molecular flexibility index (Phi) is 7.91. The number of rotatable bonds is 8. The van der Waals surface area contributed by atoms with Gasteiger partial charge in [0.2, 0.25) is 0 Å². The van der Waals surface area contributed by atoms with E-state index in [9.17, 15) is 0 Å². The number of benzene rings is 1. The minimum absolute atomic E-state index is 0.395. The van der Waals surface area contributed by atoms with Crippen molar-refractivity contribution in [1.82, 2.24) is 0 Å². The number of ether oxygens (including phenoxy) is 1. The molecule has 0 aliphatic carbocycles. The van der Waals surface area contributed by atoms with Gasteiger partial charge in [-0.25, -0.2) is 0 Å². The molecule has 1 unspecified atom stereocenters. The summed E-state index contributed by atoms with van der Waals surface area (Å²) in [5.41, 5.74) is 1.29. The van der Waals surface area contributed by atoms with Crippen LogP contribution in [-0.2, 0) is 4.74 Å². The van der Waals surface area contributed by atoms with Gasteiger partial charge in [0, 0.05) is 23.6 Å². The van der Waals surface area contributed by atoms with Crippen LogP contribution in [0.3, 0.4) is 0 Å². The van der Waals surface area contributed by atoms with Gasteiger partial charge in [0.05, 0.1) is 0 Å². The summed E-state index contributed by atoms with van der Waals surface area (Å²) < 4.78 is 6.69. The molecule has 0 aliphatic heterocycles. The highest BCUT2D eigenvalue weighted by molar-refractivity contribution is 9.10. The van der Waals surface area contributed by atoms with Gasteiger partial charge in [-0.05, 0) is 36.5 Å². The van der Waals surface area contributed by atoms with E-state index >= 15 is 0 Å². The average Bonchev–Trinajstić information content (AvgIpc) is 2.35. The highest BCUT2D eigenvalue weighted by atomic mass is 79.9. The van der Waals surface area contributed by atoms with Gasteiger partial charge in [-0.3, -0.25) is 0 Å². The Bertz CT molecular complexity index is 300. The van der Waals surface area contributed by atoms with Gasteiger partial charge in [0.25, 0.3) is 0 Å². The van der Waals surface area contributed by atoms with E-state index in [-0.39, 0.29) is 0 Å². The average molecular weight is 320 g/mol. The number of hydrogen-bond acceptors (Lipinski definition) is 1. The van der Waals surface area contributed by atoms with Gasteiger partial charge < -0.3 is 4.74 Å². The Hall–Kier alpha value is -0.0500. The van der Waals surface area contributed by atoms with E-state index in [0.717, 1.165) is 30.5 Å². The molecule has 0 saturated heterocycles. The maximum atomic E-state index is 6.01. The third-order valence-electron chi connectivity index (χ3n) is 2.78. The molecular weight excluding hydrogens is 300 g/mol. The van der Waals surface area contributed by atoms with Crippen molar-refractivity contribution >= 4 is 27.5 Å². The SMILES string of the molecule is CCCCOCCC(CCl)c1ccc(Br)cc1. The summed E-state index contributed by atoms with van der Waals surface area (Å²) in [7, 11) is 0. The first kappa shape index (κ1) is 15.0. The lowest BCUT2D eigenvalue weighted by Crippen LogP contribution is -2.06. The zero-order valence-corrected chi connectivity index (χ0v) is 12.6. The molecule has 0 amide bonds. The summed E-state index contributed by atoms with van der Waals surface area (Å²) in [6.07, 6.45) is 3.32. The summed E-state index contributed by atoms with van der Waals surface area (Å²) in [6.45, 7) is 3.84.